The predicted octanol–water partition coefficient (Wildman–Crippen LogP) is 4.01. The number of nitrogens with zero attached hydrogens (tertiary/aromatic N) is 2. The Kier molecular flexibility index (Phi) is 10.7. The molecule has 0 aliphatic carbocycles. The van der Waals surface area contributed by atoms with Gasteiger partial charge in [0.2, 0.25) is 0 Å². The summed E-state index contributed by atoms with van der Waals surface area (Å²) in [7, 11) is 3.14. The Morgan fingerprint density at radius 1 is 1.19 bits per heavy atom. The predicted molar refractivity (Wildman–Crippen MR) is 137 cm³/mol. The first kappa shape index (κ1) is 29.1. The SMILES string of the molecule is C=O.CNCC(Cc1c(-c2ccc(C(=O)OC)cc2F)nc2cc(C)ccn12)OCCOC(C)(C)C. The maximum absolute atomic E-state index is 15.1. The van der Waals surface area contributed by atoms with Crippen LogP contribution in [0.1, 0.15) is 42.4 Å². The molecule has 1 atom stereocenters. The molecule has 0 aliphatic heterocycles. The number of fused-ring (bicyclic) bond motifs is 1. The summed E-state index contributed by atoms with van der Waals surface area (Å²) in [6.45, 7) is 11.5. The number of carbonyl (C=O) groups is 2. The van der Waals surface area contributed by atoms with Crippen LogP contribution in [0.4, 0.5) is 4.39 Å². The van der Waals surface area contributed by atoms with Crippen LogP contribution in [0.25, 0.3) is 16.9 Å². The molecule has 3 rings (SSSR count). The van der Waals surface area contributed by atoms with Crippen molar-refractivity contribution in [1.82, 2.24) is 14.7 Å². The van der Waals surface area contributed by atoms with Gasteiger partial charge in [-0.3, -0.25) is 0 Å². The van der Waals surface area contributed by atoms with Crippen LogP contribution in [0.3, 0.4) is 0 Å². The molecule has 36 heavy (non-hydrogen) atoms. The fraction of sp³-hybridized carbons (Fsp3) is 0.444. The zero-order chi connectivity index (χ0) is 26.9. The molecule has 3 aromatic rings. The molecule has 0 radical (unpaired) electrons. The number of hydrogen-bond donors (Lipinski definition) is 1. The summed E-state index contributed by atoms with van der Waals surface area (Å²) in [4.78, 5) is 24.6. The number of aryl methyl sites for hydroxylation is 1. The first-order valence-electron chi connectivity index (χ1n) is 11.7. The third-order valence-corrected chi connectivity index (χ3v) is 5.35. The van der Waals surface area contributed by atoms with Gasteiger partial charge in [0.25, 0.3) is 0 Å². The molecule has 8 nitrogen and oxygen atoms in total. The molecule has 196 valence electrons. The normalized spacial score (nSPS) is 12.2. The topological polar surface area (TPSA) is 91.2 Å². The highest BCUT2D eigenvalue weighted by Gasteiger charge is 2.22. The van der Waals surface area contributed by atoms with Gasteiger partial charge in [0.15, 0.2) is 0 Å². The molecule has 1 unspecified atom stereocenters. The van der Waals surface area contributed by atoms with Crippen LogP contribution in [0.2, 0.25) is 0 Å². The molecule has 1 aromatic carbocycles. The van der Waals surface area contributed by atoms with E-state index in [1.54, 1.807) is 12.1 Å². The number of halogens is 1. The number of esters is 1. The molecule has 9 heteroatoms. The summed E-state index contributed by atoms with van der Waals surface area (Å²) in [6, 6.07) is 8.26. The average molecular weight is 502 g/mol. The Hall–Kier alpha value is -3.14. The maximum atomic E-state index is 15.1. The minimum atomic E-state index is -0.587. The number of nitrogens with one attached hydrogen (secondary N) is 1. The average Bonchev–Trinajstić information content (AvgIpc) is 3.18. The van der Waals surface area contributed by atoms with Crippen LogP contribution in [0.5, 0.6) is 0 Å². The molecule has 0 saturated carbocycles. The van der Waals surface area contributed by atoms with Gasteiger partial charge < -0.3 is 28.7 Å². The third-order valence-electron chi connectivity index (χ3n) is 5.35. The van der Waals surface area contributed by atoms with Crippen molar-refractivity contribution in [2.45, 2.75) is 45.8 Å². The van der Waals surface area contributed by atoms with Crippen LogP contribution in [0.15, 0.2) is 36.5 Å². The van der Waals surface area contributed by atoms with Gasteiger partial charge in [-0.05, 0) is 70.6 Å². The largest absolute Gasteiger partial charge is 0.465 e. The minimum Gasteiger partial charge on any atom is -0.465 e. The van der Waals surface area contributed by atoms with E-state index in [2.05, 4.69) is 5.32 Å². The molecule has 2 aromatic heterocycles. The highest BCUT2D eigenvalue weighted by molar-refractivity contribution is 5.90. The van der Waals surface area contributed by atoms with E-state index in [1.165, 1.54) is 13.2 Å². The Morgan fingerprint density at radius 3 is 2.53 bits per heavy atom. The van der Waals surface area contributed by atoms with Crippen molar-refractivity contribution in [2.24, 2.45) is 0 Å². The lowest BCUT2D eigenvalue weighted by Crippen LogP contribution is -2.31. The van der Waals surface area contributed by atoms with Crippen molar-refractivity contribution in [3.05, 3.63) is 59.2 Å². The Morgan fingerprint density at radius 2 is 1.92 bits per heavy atom. The highest BCUT2D eigenvalue weighted by Crippen LogP contribution is 2.29. The van der Waals surface area contributed by atoms with Gasteiger partial charge in [0.05, 0.1) is 49.0 Å². The van der Waals surface area contributed by atoms with Crippen molar-refractivity contribution in [3.63, 3.8) is 0 Å². The first-order chi connectivity index (χ1) is 17.1. The van der Waals surface area contributed by atoms with Gasteiger partial charge in [0, 0.05) is 24.7 Å². The van der Waals surface area contributed by atoms with Crippen LogP contribution in [0, 0.1) is 12.7 Å². The molecular formula is C27H36FN3O5. The molecule has 0 spiro atoms. The van der Waals surface area contributed by atoms with Crippen molar-refractivity contribution in [1.29, 1.82) is 0 Å². The summed E-state index contributed by atoms with van der Waals surface area (Å²) in [5.74, 6) is -1.12. The Labute approximate surface area is 211 Å². The van der Waals surface area contributed by atoms with Crippen LogP contribution < -0.4 is 5.32 Å². The Balaban J connectivity index is 0.00000222. The number of methoxy groups -OCH3 is 1. The molecule has 0 fully saturated rings. The molecule has 0 bridgehead atoms. The summed E-state index contributed by atoms with van der Waals surface area (Å²) in [6.07, 6.45) is 2.27. The number of benzene rings is 1. The molecule has 1 N–H and O–H groups in total. The summed E-state index contributed by atoms with van der Waals surface area (Å²) in [5, 5.41) is 3.17. The van der Waals surface area contributed by atoms with E-state index < -0.39 is 11.8 Å². The summed E-state index contributed by atoms with van der Waals surface area (Å²) >= 11 is 0. The van der Waals surface area contributed by atoms with Crippen molar-refractivity contribution >= 4 is 18.4 Å². The fourth-order valence-corrected chi connectivity index (χ4v) is 3.76. The van der Waals surface area contributed by atoms with Gasteiger partial charge in [-0.15, -0.1) is 0 Å². The standard InChI is InChI=1S/C26H34FN3O4.CH2O/c1-17-9-10-30-22(15-19(16-28-5)33-11-12-34-26(2,3)4)24(29-23(30)13-17)20-8-7-18(14-21(20)27)25(31)32-6;1-2/h7-10,13-14,19,28H,11-12,15-16H2,1-6H3;1H2. The second-order valence-corrected chi connectivity index (χ2v) is 9.24. The van der Waals surface area contributed by atoms with Crippen molar-refractivity contribution in [3.8, 4) is 11.3 Å². The maximum Gasteiger partial charge on any atom is 0.337 e. The van der Waals surface area contributed by atoms with Crippen LogP contribution in [-0.4, -0.2) is 67.8 Å². The minimum absolute atomic E-state index is 0.153. The van der Waals surface area contributed by atoms with Gasteiger partial charge in [-0.2, -0.15) is 0 Å². The third kappa shape index (κ3) is 7.68. The van der Waals surface area contributed by atoms with Gasteiger partial charge in [-0.25, -0.2) is 14.2 Å². The monoisotopic (exact) mass is 501 g/mol. The number of hydrogen-bond acceptors (Lipinski definition) is 7. The van der Waals surface area contributed by atoms with Crippen molar-refractivity contribution < 1.29 is 28.2 Å². The van der Waals surface area contributed by atoms with E-state index in [9.17, 15) is 4.79 Å². The smallest absolute Gasteiger partial charge is 0.337 e. The molecule has 0 amide bonds. The summed E-state index contributed by atoms with van der Waals surface area (Å²) < 4.78 is 33.7. The quantitative estimate of drug-likeness (QED) is 0.332. The number of likely N-dealkylation sites (N-methyl/N-ethyl adjacent to an activating group) is 1. The van der Waals surface area contributed by atoms with E-state index >= 15 is 4.39 Å². The van der Waals surface area contributed by atoms with Crippen molar-refractivity contribution in [2.75, 3.05) is 33.9 Å². The first-order valence-corrected chi connectivity index (χ1v) is 11.7. The molecule has 0 saturated heterocycles. The van der Waals surface area contributed by atoms with Crippen LogP contribution >= 0.6 is 0 Å². The van der Waals surface area contributed by atoms with Gasteiger partial charge in [0.1, 0.15) is 18.3 Å². The molecule has 2 heterocycles. The van der Waals surface area contributed by atoms with E-state index in [-0.39, 0.29) is 17.3 Å². The number of imidazole rings is 1. The number of rotatable bonds is 10. The van der Waals surface area contributed by atoms with E-state index in [1.807, 2.05) is 64.3 Å². The lowest BCUT2D eigenvalue weighted by Gasteiger charge is -2.22. The molecular weight excluding hydrogens is 465 g/mol. The second-order valence-electron chi connectivity index (χ2n) is 9.24. The number of carbonyl (C=O) groups excluding carboxylic acids is 2. The van der Waals surface area contributed by atoms with E-state index in [0.29, 0.717) is 37.4 Å². The zero-order valence-electron chi connectivity index (χ0n) is 21.9. The van der Waals surface area contributed by atoms with Gasteiger partial charge >= 0.3 is 5.97 Å². The number of aromatic nitrogens is 2. The van der Waals surface area contributed by atoms with E-state index in [4.69, 9.17) is 24.0 Å². The highest BCUT2D eigenvalue weighted by atomic mass is 19.1. The zero-order valence-corrected chi connectivity index (χ0v) is 21.9. The fourth-order valence-electron chi connectivity index (χ4n) is 3.76. The van der Waals surface area contributed by atoms with Gasteiger partial charge in [-0.1, -0.05) is 0 Å². The second kappa shape index (κ2) is 13.2. The Bertz CT molecular complexity index is 1160. The molecule has 0 aliphatic rings. The lowest BCUT2D eigenvalue weighted by atomic mass is 10.0. The number of pyridine rings is 1. The van der Waals surface area contributed by atoms with Crippen LogP contribution in [-0.2, 0) is 25.4 Å². The number of ether oxygens (including phenoxy) is 3. The summed E-state index contributed by atoms with van der Waals surface area (Å²) in [5.41, 5.74) is 3.37. The van der Waals surface area contributed by atoms with E-state index in [0.717, 1.165) is 16.9 Å². The lowest BCUT2D eigenvalue weighted by molar-refractivity contribution is -0.0980.